The third-order valence-electron chi connectivity index (χ3n) is 8.79. The van der Waals surface area contributed by atoms with Gasteiger partial charge >= 0.3 is 5.97 Å². The maximum Gasteiger partial charge on any atom is 0.306 e. The molecule has 0 spiro atoms. The Balaban J connectivity index is 4.01. The molecule has 3 heteroatoms. The van der Waals surface area contributed by atoms with E-state index in [2.05, 4.69) is 62.5 Å². The van der Waals surface area contributed by atoms with Crippen LogP contribution in [0, 0.1) is 0 Å². The highest BCUT2D eigenvalue weighted by Gasteiger charge is 2.14. The van der Waals surface area contributed by atoms with E-state index in [1.807, 2.05) is 6.92 Å². The van der Waals surface area contributed by atoms with Gasteiger partial charge in [0.05, 0.1) is 0 Å². The third kappa shape index (κ3) is 36.9. The van der Waals surface area contributed by atoms with Crippen LogP contribution in [0.2, 0.25) is 0 Å². The Morgan fingerprint density at radius 3 is 1.26 bits per heavy atom. The standard InChI is InChI=1S/C43H79NO2/c1-4-6-8-10-12-14-16-18-20-22-24-26-28-30-32-34-38-42(46-43(45)40-36-37-41(3)44)39-35-33-31-29-27-25-23-21-19-17-15-13-11-9-7-5-2/h12-15,18-21,41-42H,4-11,16-17,22-40,44H2,1-3H3/b14-12-,15-13-,20-18-,21-19-. The number of ether oxygens (including phenoxy) is 1. The van der Waals surface area contributed by atoms with Crippen molar-refractivity contribution in [2.45, 2.75) is 219 Å². The molecule has 0 fully saturated rings. The molecule has 0 aliphatic rings. The summed E-state index contributed by atoms with van der Waals surface area (Å²) in [5, 5.41) is 0. The van der Waals surface area contributed by atoms with Gasteiger partial charge < -0.3 is 10.5 Å². The summed E-state index contributed by atoms with van der Waals surface area (Å²) < 4.78 is 5.98. The van der Waals surface area contributed by atoms with Crippen LogP contribution in [0.3, 0.4) is 0 Å². The summed E-state index contributed by atoms with van der Waals surface area (Å²) in [7, 11) is 0. The van der Waals surface area contributed by atoms with E-state index in [1.54, 1.807) is 0 Å². The molecule has 0 aromatic heterocycles. The molecular formula is C43H79NO2. The maximum atomic E-state index is 12.5. The van der Waals surface area contributed by atoms with Crippen molar-refractivity contribution >= 4 is 5.97 Å². The van der Waals surface area contributed by atoms with E-state index < -0.39 is 0 Å². The van der Waals surface area contributed by atoms with Gasteiger partial charge in [-0.2, -0.15) is 0 Å². The summed E-state index contributed by atoms with van der Waals surface area (Å²) in [6.45, 7) is 6.52. The summed E-state index contributed by atoms with van der Waals surface area (Å²) in [5.41, 5.74) is 5.86. The van der Waals surface area contributed by atoms with Gasteiger partial charge in [0.25, 0.3) is 0 Å². The number of esters is 1. The Morgan fingerprint density at radius 2 is 0.870 bits per heavy atom. The summed E-state index contributed by atoms with van der Waals surface area (Å²) in [6.07, 6.45) is 53.3. The van der Waals surface area contributed by atoms with Crippen molar-refractivity contribution in [3.05, 3.63) is 48.6 Å². The number of nitrogens with two attached hydrogens (primary N) is 1. The number of allylic oxidation sites excluding steroid dienone is 8. The number of rotatable bonds is 35. The Bertz CT molecular complexity index is 687. The largest absolute Gasteiger partial charge is 0.462 e. The van der Waals surface area contributed by atoms with E-state index in [0.29, 0.717) is 6.42 Å². The maximum absolute atomic E-state index is 12.5. The van der Waals surface area contributed by atoms with Gasteiger partial charge in [0, 0.05) is 12.5 Å². The molecule has 0 heterocycles. The first-order valence-electron chi connectivity index (χ1n) is 20.1. The van der Waals surface area contributed by atoms with E-state index >= 15 is 0 Å². The topological polar surface area (TPSA) is 52.3 Å². The van der Waals surface area contributed by atoms with Gasteiger partial charge in [0.2, 0.25) is 0 Å². The first kappa shape index (κ1) is 44.4. The fourth-order valence-electron chi connectivity index (χ4n) is 5.80. The van der Waals surface area contributed by atoms with E-state index in [9.17, 15) is 4.79 Å². The summed E-state index contributed by atoms with van der Waals surface area (Å²) in [5.74, 6) is -0.0225. The molecule has 3 nitrogen and oxygen atoms in total. The zero-order valence-corrected chi connectivity index (χ0v) is 31.2. The van der Waals surface area contributed by atoms with Crippen molar-refractivity contribution in [2.75, 3.05) is 0 Å². The summed E-state index contributed by atoms with van der Waals surface area (Å²) in [4.78, 5) is 12.5. The molecule has 1 unspecified atom stereocenters. The molecule has 46 heavy (non-hydrogen) atoms. The predicted molar refractivity (Wildman–Crippen MR) is 205 cm³/mol. The molecular weight excluding hydrogens is 562 g/mol. The van der Waals surface area contributed by atoms with Crippen LogP contribution in [-0.4, -0.2) is 18.1 Å². The van der Waals surface area contributed by atoms with Crippen LogP contribution < -0.4 is 5.73 Å². The second-order valence-electron chi connectivity index (χ2n) is 13.7. The summed E-state index contributed by atoms with van der Waals surface area (Å²) >= 11 is 0. The Hall–Kier alpha value is -1.61. The molecule has 0 saturated heterocycles. The van der Waals surface area contributed by atoms with Crippen molar-refractivity contribution in [1.29, 1.82) is 0 Å². The van der Waals surface area contributed by atoms with Crippen LogP contribution in [0.5, 0.6) is 0 Å². The third-order valence-corrected chi connectivity index (χ3v) is 8.79. The number of hydrogen-bond donors (Lipinski definition) is 1. The monoisotopic (exact) mass is 642 g/mol. The Kier molecular flexibility index (Phi) is 36.5. The highest BCUT2D eigenvalue weighted by atomic mass is 16.5. The van der Waals surface area contributed by atoms with Crippen molar-refractivity contribution in [3.8, 4) is 0 Å². The van der Waals surface area contributed by atoms with Gasteiger partial charge in [-0.25, -0.2) is 0 Å². The average molecular weight is 642 g/mol. The fourth-order valence-corrected chi connectivity index (χ4v) is 5.80. The lowest BCUT2D eigenvalue weighted by molar-refractivity contribution is -0.150. The van der Waals surface area contributed by atoms with Crippen LogP contribution >= 0.6 is 0 Å². The van der Waals surface area contributed by atoms with Crippen molar-refractivity contribution in [2.24, 2.45) is 5.73 Å². The molecule has 0 aliphatic carbocycles. The van der Waals surface area contributed by atoms with Crippen molar-refractivity contribution in [3.63, 3.8) is 0 Å². The number of hydrogen-bond acceptors (Lipinski definition) is 3. The Morgan fingerprint density at radius 1 is 0.500 bits per heavy atom. The molecule has 0 aromatic carbocycles. The van der Waals surface area contributed by atoms with E-state index in [4.69, 9.17) is 10.5 Å². The molecule has 268 valence electrons. The second kappa shape index (κ2) is 37.8. The molecule has 1 atom stereocenters. The highest BCUT2D eigenvalue weighted by molar-refractivity contribution is 5.69. The van der Waals surface area contributed by atoms with Gasteiger partial charge in [0.1, 0.15) is 6.10 Å². The molecule has 0 bridgehead atoms. The van der Waals surface area contributed by atoms with Gasteiger partial charge in [0.15, 0.2) is 0 Å². The normalized spacial score (nSPS) is 13.0. The minimum Gasteiger partial charge on any atom is -0.462 e. The zero-order valence-electron chi connectivity index (χ0n) is 31.2. The minimum absolute atomic E-state index is 0.0225. The van der Waals surface area contributed by atoms with Gasteiger partial charge in [-0.15, -0.1) is 0 Å². The molecule has 2 N–H and O–H groups in total. The first-order valence-corrected chi connectivity index (χ1v) is 20.1. The molecule has 0 rings (SSSR count). The Labute approximate surface area is 288 Å². The lowest BCUT2D eigenvalue weighted by atomic mass is 10.0. The van der Waals surface area contributed by atoms with E-state index in [0.717, 1.165) is 38.5 Å². The van der Waals surface area contributed by atoms with E-state index in [-0.39, 0.29) is 18.1 Å². The highest BCUT2D eigenvalue weighted by Crippen LogP contribution is 2.18. The van der Waals surface area contributed by atoms with Crippen LogP contribution in [0.25, 0.3) is 0 Å². The van der Waals surface area contributed by atoms with Crippen LogP contribution in [0.1, 0.15) is 207 Å². The van der Waals surface area contributed by atoms with E-state index in [1.165, 1.54) is 141 Å². The SMILES string of the molecule is CCCCC/C=C\C/C=C\CCCCCCCCC(CCCCCCCC/C=C\C/C=C\CCCCC)OC(=O)CCCC(C)N. The van der Waals surface area contributed by atoms with Gasteiger partial charge in [-0.3, -0.25) is 4.79 Å². The van der Waals surface area contributed by atoms with Gasteiger partial charge in [-0.1, -0.05) is 140 Å². The van der Waals surface area contributed by atoms with Crippen LogP contribution in [0.15, 0.2) is 48.6 Å². The zero-order chi connectivity index (χ0) is 33.6. The van der Waals surface area contributed by atoms with Crippen LogP contribution in [0.4, 0.5) is 0 Å². The van der Waals surface area contributed by atoms with Crippen LogP contribution in [-0.2, 0) is 9.53 Å². The average Bonchev–Trinajstić information content (AvgIpc) is 3.04. The summed E-state index contributed by atoms with van der Waals surface area (Å²) in [6, 6.07) is 0.153. The van der Waals surface area contributed by atoms with Crippen molar-refractivity contribution < 1.29 is 9.53 Å². The lowest BCUT2D eigenvalue weighted by Gasteiger charge is -2.18. The predicted octanol–water partition coefficient (Wildman–Crippen LogP) is 13.8. The first-order chi connectivity index (χ1) is 22.6. The fraction of sp³-hybridized carbons (Fsp3) is 0.791. The molecule has 0 amide bonds. The van der Waals surface area contributed by atoms with Crippen molar-refractivity contribution in [1.82, 2.24) is 0 Å². The molecule has 0 saturated carbocycles. The number of carbonyl (C=O) groups excluding carboxylic acids is 1. The second-order valence-corrected chi connectivity index (χ2v) is 13.7. The number of carbonyl (C=O) groups is 1. The number of unbranched alkanes of at least 4 members (excludes halogenated alkanes) is 18. The quantitative estimate of drug-likeness (QED) is 0.0425. The smallest absolute Gasteiger partial charge is 0.306 e. The molecule has 0 aliphatic heterocycles. The van der Waals surface area contributed by atoms with Gasteiger partial charge in [-0.05, 0) is 110 Å². The minimum atomic E-state index is -0.0225. The lowest BCUT2D eigenvalue weighted by Crippen LogP contribution is -2.19. The molecule has 0 aromatic rings. The molecule has 0 radical (unpaired) electrons.